The van der Waals surface area contributed by atoms with Crippen molar-refractivity contribution in [3.63, 3.8) is 0 Å². The third kappa shape index (κ3) is 2.48. The fourth-order valence-electron chi connectivity index (χ4n) is 2.59. The molecule has 1 aromatic carbocycles. The van der Waals surface area contributed by atoms with Gasteiger partial charge in [0.05, 0.1) is 12.6 Å². The Labute approximate surface area is 114 Å². The molecule has 4 heteroatoms. The Morgan fingerprint density at radius 1 is 1.39 bits per heavy atom. The molecule has 0 amide bonds. The molecule has 0 aromatic heterocycles. The van der Waals surface area contributed by atoms with Crippen molar-refractivity contribution in [3.05, 3.63) is 28.8 Å². The summed E-state index contributed by atoms with van der Waals surface area (Å²) in [7, 11) is 2.08. The lowest BCUT2D eigenvalue weighted by molar-refractivity contribution is 0.0996. The van der Waals surface area contributed by atoms with Crippen molar-refractivity contribution in [1.82, 2.24) is 4.90 Å². The minimum Gasteiger partial charge on any atom is -0.395 e. The van der Waals surface area contributed by atoms with Gasteiger partial charge in [-0.2, -0.15) is 0 Å². The number of hydrogen-bond donors (Lipinski definition) is 1. The van der Waals surface area contributed by atoms with Crippen molar-refractivity contribution in [2.75, 3.05) is 31.6 Å². The molecule has 2 atom stereocenters. The molecule has 0 aliphatic carbocycles. The Kier molecular flexibility index (Phi) is 4.15. The molecule has 0 saturated carbocycles. The molecule has 2 unspecified atom stereocenters. The Bertz CT molecular complexity index is 424. The van der Waals surface area contributed by atoms with E-state index in [1.165, 1.54) is 5.69 Å². The third-order valence-electron chi connectivity index (χ3n) is 3.98. The number of anilines is 1. The third-order valence-corrected chi connectivity index (χ3v) is 4.39. The Morgan fingerprint density at radius 3 is 2.78 bits per heavy atom. The number of piperazine rings is 1. The van der Waals surface area contributed by atoms with E-state index in [9.17, 15) is 5.11 Å². The predicted octanol–water partition coefficient (Wildman–Crippen LogP) is 2.15. The number of likely N-dealkylation sites (N-methyl/N-ethyl adjacent to an activating group) is 1. The van der Waals surface area contributed by atoms with Crippen molar-refractivity contribution in [2.45, 2.75) is 25.9 Å². The first-order valence-electron chi connectivity index (χ1n) is 6.37. The maximum absolute atomic E-state index is 9.47. The highest BCUT2D eigenvalue weighted by atomic mass is 35.5. The maximum Gasteiger partial charge on any atom is 0.0604 e. The minimum atomic E-state index is 0.187. The van der Waals surface area contributed by atoms with Gasteiger partial charge in [-0.1, -0.05) is 17.7 Å². The van der Waals surface area contributed by atoms with Crippen LogP contribution in [0.1, 0.15) is 12.5 Å². The first-order valence-corrected chi connectivity index (χ1v) is 6.75. The van der Waals surface area contributed by atoms with Crippen molar-refractivity contribution in [1.29, 1.82) is 0 Å². The summed E-state index contributed by atoms with van der Waals surface area (Å²) < 4.78 is 0. The highest BCUT2D eigenvalue weighted by Gasteiger charge is 2.29. The number of hydrogen-bond acceptors (Lipinski definition) is 3. The zero-order chi connectivity index (χ0) is 13.3. The fraction of sp³-hybridized carbons (Fsp3) is 0.571. The average Bonchev–Trinajstić information content (AvgIpc) is 2.36. The van der Waals surface area contributed by atoms with E-state index in [-0.39, 0.29) is 12.6 Å². The Balaban J connectivity index is 2.26. The van der Waals surface area contributed by atoms with Crippen LogP contribution >= 0.6 is 11.6 Å². The topological polar surface area (TPSA) is 26.7 Å². The first kappa shape index (κ1) is 13.7. The molecule has 0 radical (unpaired) electrons. The second-order valence-corrected chi connectivity index (χ2v) is 5.55. The van der Waals surface area contributed by atoms with Crippen molar-refractivity contribution < 1.29 is 5.11 Å². The van der Waals surface area contributed by atoms with Gasteiger partial charge in [-0.25, -0.2) is 0 Å². The molecule has 1 saturated heterocycles. The van der Waals surface area contributed by atoms with Crippen molar-refractivity contribution >= 4 is 17.3 Å². The van der Waals surface area contributed by atoms with Gasteiger partial charge < -0.3 is 10.0 Å². The van der Waals surface area contributed by atoms with Crippen molar-refractivity contribution in [3.8, 4) is 0 Å². The summed E-state index contributed by atoms with van der Waals surface area (Å²) in [5, 5.41) is 10.3. The molecule has 1 fully saturated rings. The maximum atomic E-state index is 9.47. The smallest absolute Gasteiger partial charge is 0.0604 e. The van der Waals surface area contributed by atoms with E-state index >= 15 is 0 Å². The number of nitrogens with zero attached hydrogens (tertiary/aromatic N) is 2. The lowest BCUT2D eigenvalue weighted by atomic mass is 10.1. The van der Waals surface area contributed by atoms with Crippen LogP contribution in [0.15, 0.2) is 18.2 Å². The summed E-state index contributed by atoms with van der Waals surface area (Å²) in [6.07, 6.45) is 0. The second-order valence-electron chi connectivity index (χ2n) is 5.14. The minimum absolute atomic E-state index is 0.187. The number of benzene rings is 1. The number of rotatable bonds is 2. The zero-order valence-corrected chi connectivity index (χ0v) is 12.0. The highest BCUT2D eigenvalue weighted by Crippen LogP contribution is 2.29. The van der Waals surface area contributed by atoms with Crippen LogP contribution in [0.5, 0.6) is 0 Å². The Hall–Kier alpha value is -0.770. The van der Waals surface area contributed by atoms with Gasteiger partial charge in [0.2, 0.25) is 0 Å². The van der Waals surface area contributed by atoms with E-state index in [1.807, 2.05) is 12.1 Å². The zero-order valence-electron chi connectivity index (χ0n) is 11.2. The van der Waals surface area contributed by atoms with Crippen LogP contribution in [0.4, 0.5) is 5.69 Å². The number of aliphatic hydroxyl groups is 1. The van der Waals surface area contributed by atoms with Crippen LogP contribution in [0.2, 0.25) is 5.02 Å². The SMILES string of the molecule is Cc1c(Cl)cccc1N1CC(C)N(C)C(CO)C1. The molecular formula is C14H21ClN2O. The van der Waals surface area contributed by atoms with Gasteiger partial charge in [0.25, 0.3) is 0 Å². The summed E-state index contributed by atoms with van der Waals surface area (Å²) in [5.74, 6) is 0. The van der Waals surface area contributed by atoms with Gasteiger partial charge in [0, 0.05) is 29.8 Å². The van der Waals surface area contributed by atoms with E-state index in [0.29, 0.717) is 6.04 Å². The molecule has 3 nitrogen and oxygen atoms in total. The van der Waals surface area contributed by atoms with Gasteiger partial charge >= 0.3 is 0 Å². The van der Waals surface area contributed by atoms with E-state index < -0.39 is 0 Å². The Morgan fingerprint density at radius 2 is 2.11 bits per heavy atom. The standard InChI is InChI=1S/C14H21ClN2O/c1-10-7-17(8-12(9-18)16(10)3)14-6-4-5-13(15)11(14)2/h4-6,10,12,18H,7-9H2,1-3H3. The fourth-order valence-corrected chi connectivity index (χ4v) is 2.76. The average molecular weight is 269 g/mol. The van der Waals surface area contributed by atoms with Crippen LogP contribution in [-0.2, 0) is 0 Å². The van der Waals surface area contributed by atoms with Crippen LogP contribution < -0.4 is 4.90 Å². The van der Waals surface area contributed by atoms with Gasteiger partial charge in [0.1, 0.15) is 0 Å². The summed E-state index contributed by atoms with van der Waals surface area (Å²) >= 11 is 6.18. The summed E-state index contributed by atoms with van der Waals surface area (Å²) in [4.78, 5) is 4.57. The highest BCUT2D eigenvalue weighted by molar-refractivity contribution is 6.31. The monoisotopic (exact) mass is 268 g/mol. The van der Waals surface area contributed by atoms with Crippen LogP contribution in [0, 0.1) is 6.92 Å². The quantitative estimate of drug-likeness (QED) is 0.890. The number of halogens is 1. The van der Waals surface area contributed by atoms with Crippen LogP contribution in [-0.4, -0.2) is 48.8 Å². The predicted molar refractivity (Wildman–Crippen MR) is 76.5 cm³/mol. The molecular weight excluding hydrogens is 248 g/mol. The van der Waals surface area contributed by atoms with Gasteiger partial charge in [-0.15, -0.1) is 0 Å². The molecule has 1 aromatic rings. The van der Waals surface area contributed by atoms with Crippen LogP contribution in [0.3, 0.4) is 0 Å². The molecule has 2 rings (SSSR count). The van der Waals surface area contributed by atoms with Gasteiger partial charge in [-0.3, -0.25) is 4.90 Å². The molecule has 0 spiro atoms. The second kappa shape index (κ2) is 5.47. The van der Waals surface area contributed by atoms with E-state index in [2.05, 4.69) is 36.8 Å². The van der Waals surface area contributed by atoms with Crippen molar-refractivity contribution in [2.24, 2.45) is 0 Å². The molecule has 100 valence electrons. The summed E-state index contributed by atoms with van der Waals surface area (Å²) in [5.41, 5.74) is 2.30. The summed E-state index contributed by atoms with van der Waals surface area (Å²) in [6.45, 7) is 6.24. The largest absolute Gasteiger partial charge is 0.395 e. The molecule has 1 aliphatic heterocycles. The van der Waals surface area contributed by atoms with Gasteiger partial charge in [-0.05, 0) is 38.6 Å². The molecule has 1 N–H and O–H groups in total. The molecule has 1 aliphatic rings. The normalized spacial score (nSPS) is 25.5. The summed E-state index contributed by atoms with van der Waals surface area (Å²) in [6, 6.07) is 6.63. The van der Waals surface area contributed by atoms with E-state index in [4.69, 9.17) is 11.6 Å². The molecule has 0 bridgehead atoms. The molecule has 18 heavy (non-hydrogen) atoms. The lowest BCUT2D eigenvalue weighted by Crippen LogP contribution is -2.57. The van der Waals surface area contributed by atoms with Crippen LogP contribution in [0.25, 0.3) is 0 Å². The number of aliphatic hydroxyl groups excluding tert-OH is 1. The molecule has 1 heterocycles. The van der Waals surface area contributed by atoms with E-state index in [1.54, 1.807) is 0 Å². The van der Waals surface area contributed by atoms with E-state index in [0.717, 1.165) is 23.7 Å². The first-order chi connectivity index (χ1) is 8.54. The lowest BCUT2D eigenvalue weighted by Gasteiger charge is -2.44. The van der Waals surface area contributed by atoms with Gasteiger partial charge in [0.15, 0.2) is 0 Å².